The van der Waals surface area contributed by atoms with Gasteiger partial charge in [-0.3, -0.25) is 4.79 Å². The third kappa shape index (κ3) is 3.19. The molecule has 2 heterocycles. The molecule has 108 valence electrons. The van der Waals surface area contributed by atoms with Gasteiger partial charge in [0.05, 0.1) is 12.3 Å². The lowest BCUT2D eigenvalue weighted by atomic mass is 10.2. The Morgan fingerprint density at radius 3 is 2.80 bits per heavy atom. The smallest absolute Gasteiger partial charge is 0.434 e. The third-order valence-electron chi connectivity index (χ3n) is 2.57. The van der Waals surface area contributed by atoms with Crippen LogP contribution < -0.4 is 5.32 Å². The number of halogens is 3. The van der Waals surface area contributed by atoms with Crippen LogP contribution in [0, 0.1) is 0 Å². The number of aromatic nitrogens is 1. The molecular formula is C12H11F3N2O2S. The van der Waals surface area contributed by atoms with Crippen LogP contribution in [0.2, 0.25) is 0 Å². The lowest BCUT2D eigenvalue weighted by Crippen LogP contribution is -2.27. The molecule has 1 N–H and O–H groups in total. The fourth-order valence-electron chi connectivity index (χ4n) is 1.55. The van der Waals surface area contributed by atoms with Crippen LogP contribution in [0.3, 0.4) is 0 Å². The van der Waals surface area contributed by atoms with Crippen molar-refractivity contribution in [2.45, 2.75) is 25.6 Å². The van der Waals surface area contributed by atoms with Crippen molar-refractivity contribution < 1.29 is 22.4 Å². The number of amides is 1. The first-order valence-corrected chi connectivity index (χ1v) is 6.66. The summed E-state index contributed by atoms with van der Waals surface area (Å²) in [5, 5.41) is 3.76. The number of nitrogens with zero attached hydrogens (tertiary/aromatic N) is 1. The van der Waals surface area contributed by atoms with Crippen molar-refractivity contribution in [1.82, 2.24) is 10.3 Å². The van der Waals surface area contributed by atoms with E-state index >= 15 is 0 Å². The molecule has 0 aliphatic heterocycles. The fourth-order valence-corrected chi connectivity index (χ4v) is 2.51. The van der Waals surface area contributed by atoms with E-state index in [1.54, 1.807) is 13.0 Å². The molecule has 0 saturated heterocycles. The van der Waals surface area contributed by atoms with E-state index in [1.807, 2.05) is 0 Å². The summed E-state index contributed by atoms with van der Waals surface area (Å²) in [6, 6.07) is 2.46. The number of hydrogen-bond donors (Lipinski definition) is 1. The molecule has 0 fully saturated rings. The van der Waals surface area contributed by atoms with Crippen LogP contribution in [0.15, 0.2) is 28.2 Å². The highest BCUT2D eigenvalue weighted by Crippen LogP contribution is 2.32. The monoisotopic (exact) mass is 304 g/mol. The predicted molar refractivity (Wildman–Crippen MR) is 66.3 cm³/mol. The normalized spacial score (nSPS) is 13.2. The second-order valence-corrected chi connectivity index (χ2v) is 4.87. The van der Waals surface area contributed by atoms with Crippen molar-refractivity contribution in [3.63, 3.8) is 0 Å². The van der Waals surface area contributed by atoms with Gasteiger partial charge in [-0.05, 0) is 18.6 Å². The van der Waals surface area contributed by atoms with E-state index < -0.39 is 23.8 Å². The molecular weight excluding hydrogens is 293 g/mol. The SMILES string of the molecule is CC[C@@H](NC(=O)c1ccco1)c1nc(C(F)(F)F)cs1. The van der Waals surface area contributed by atoms with Crippen molar-refractivity contribution in [2.75, 3.05) is 0 Å². The zero-order valence-electron chi connectivity index (χ0n) is 10.4. The lowest BCUT2D eigenvalue weighted by molar-refractivity contribution is -0.140. The van der Waals surface area contributed by atoms with Gasteiger partial charge >= 0.3 is 6.18 Å². The van der Waals surface area contributed by atoms with Crippen LogP contribution in [-0.4, -0.2) is 10.9 Å². The summed E-state index contributed by atoms with van der Waals surface area (Å²) in [7, 11) is 0. The van der Waals surface area contributed by atoms with E-state index in [2.05, 4.69) is 10.3 Å². The molecule has 2 aromatic rings. The zero-order valence-corrected chi connectivity index (χ0v) is 11.2. The molecule has 4 nitrogen and oxygen atoms in total. The van der Waals surface area contributed by atoms with Gasteiger partial charge in [0.1, 0.15) is 5.01 Å². The van der Waals surface area contributed by atoms with Crippen molar-refractivity contribution >= 4 is 17.2 Å². The van der Waals surface area contributed by atoms with Crippen molar-refractivity contribution in [2.24, 2.45) is 0 Å². The molecule has 0 radical (unpaired) electrons. The van der Waals surface area contributed by atoms with E-state index in [0.717, 1.165) is 16.7 Å². The molecule has 0 aliphatic carbocycles. The van der Waals surface area contributed by atoms with Crippen LogP contribution in [0.1, 0.15) is 40.6 Å². The summed E-state index contributed by atoms with van der Waals surface area (Å²) < 4.78 is 42.4. The number of rotatable bonds is 4. The Kier molecular flexibility index (Phi) is 4.12. The minimum Gasteiger partial charge on any atom is -0.459 e. The maximum Gasteiger partial charge on any atom is 0.434 e. The maximum absolute atomic E-state index is 12.5. The minimum absolute atomic E-state index is 0.107. The Bertz CT molecular complexity index is 578. The topological polar surface area (TPSA) is 55.1 Å². The summed E-state index contributed by atoms with van der Waals surface area (Å²) in [5.74, 6) is -0.373. The average Bonchev–Trinajstić information content (AvgIpc) is 3.04. The zero-order chi connectivity index (χ0) is 14.8. The number of carbonyl (C=O) groups excluding carboxylic acids is 1. The van der Waals surface area contributed by atoms with Gasteiger partial charge in [0.25, 0.3) is 5.91 Å². The van der Waals surface area contributed by atoms with Gasteiger partial charge < -0.3 is 9.73 Å². The second-order valence-electron chi connectivity index (χ2n) is 3.98. The first-order valence-electron chi connectivity index (χ1n) is 5.78. The molecule has 1 atom stereocenters. The highest BCUT2D eigenvalue weighted by atomic mass is 32.1. The lowest BCUT2D eigenvalue weighted by Gasteiger charge is -2.13. The largest absolute Gasteiger partial charge is 0.459 e. The Morgan fingerprint density at radius 2 is 2.30 bits per heavy atom. The standard InChI is InChI=1S/C12H11F3N2O2S/c1-2-7(16-10(18)8-4-3-5-19-8)11-17-9(6-20-11)12(13,14)15/h3-7H,2H2,1H3,(H,16,18)/t7-/m1/s1. The quantitative estimate of drug-likeness (QED) is 0.938. The fraction of sp³-hybridized carbons (Fsp3) is 0.333. The molecule has 8 heteroatoms. The minimum atomic E-state index is -4.47. The van der Waals surface area contributed by atoms with Gasteiger partial charge in [-0.2, -0.15) is 13.2 Å². The highest BCUT2D eigenvalue weighted by Gasteiger charge is 2.34. The van der Waals surface area contributed by atoms with E-state index in [1.165, 1.54) is 12.3 Å². The Labute approximate surface area is 116 Å². The molecule has 0 saturated carbocycles. The molecule has 0 aromatic carbocycles. The Morgan fingerprint density at radius 1 is 1.55 bits per heavy atom. The van der Waals surface area contributed by atoms with E-state index in [4.69, 9.17) is 4.42 Å². The van der Waals surface area contributed by atoms with E-state index in [9.17, 15) is 18.0 Å². The Balaban J connectivity index is 2.12. The molecule has 0 bridgehead atoms. The van der Waals surface area contributed by atoms with Crippen LogP contribution in [0.4, 0.5) is 13.2 Å². The summed E-state index contributed by atoms with van der Waals surface area (Å²) >= 11 is 0.872. The van der Waals surface area contributed by atoms with E-state index in [-0.39, 0.29) is 10.8 Å². The molecule has 0 aliphatic rings. The molecule has 20 heavy (non-hydrogen) atoms. The molecule has 0 spiro atoms. The third-order valence-corrected chi connectivity index (χ3v) is 3.53. The summed E-state index contributed by atoms with van der Waals surface area (Å²) in [5.41, 5.74) is -0.941. The summed E-state index contributed by atoms with van der Waals surface area (Å²) in [6.07, 6.45) is -2.70. The van der Waals surface area contributed by atoms with Crippen molar-refractivity contribution in [3.05, 3.63) is 40.2 Å². The van der Waals surface area contributed by atoms with Gasteiger partial charge in [0.2, 0.25) is 0 Å². The van der Waals surface area contributed by atoms with Gasteiger partial charge in [-0.1, -0.05) is 6.92 Å². The van der Waals surface area contributed by atoms with E-state index in [0.29, 0.717) is 6.42 Å². The average molecular weight is 304 g/mol. The second kappa shape index (κ2) is 5.66. The number of hydrogen-bond acceptors (Lipinski definition) is 4. The van der Waals surface area contributed by atoms with Gasteiger partial charge in [0, 0.05) is 5.38 Å². The number of thiazole rings is 1. The van der Waals surface area contributed by atoms with Crippen LogP contribution in [0.5, 0.6) is 0 Å². The summed E-state index contributed by atoms with van der Waals surface area (Å²) in [4.78, 5) is 15.3. The van der Waals surface area contributed by atoms with Crippen LogP contribution in [-0.2, 0) is 6.18 Å². The predicted octanol–water partition coefficient (Wildman–Crippen LogP) is 3.64. The molecule has 2 rings (SSSR count). The first kappa shape index (κ1) is 14.6. The molecule has 2 aromatic heterocycles. The van der Waals surface area contributed by atoms with Gasteiger partial charge in [-0.15, -0.1) is 11.3 Å². The number of alkyl halides is 3. The van der Waals surface area contributed by atoms with Crippen LogP contribution in [0.25, 0.3) is 0 Å². The van der Waals surface area contributed by atoms with Gasteiger partial charge in [-0.25, -0.2) is 4.98 Å². The van der Waals surface area contributed by atoms with Crippen molar-refractivity contribution in [1.29, 1.82) is 0 Å². The maximum atomic E-state index is 12.5. The molecule has 0 unspecified atom stereocenters. The summed E-state index contributed by atoms with van der Waals surface area (Å²) in [6.45, 7) is 1.75. The number of carbonyl (C=O) groups is 1. The highest BCUT2D eigenvalue weighted by molar-refractivity contribution is 7.09. The van der Waals surface area contributed by atoms with Crippen LogP contribution >= 0.6 is 11.3 Å². The number of nitrogens with one attached hydrogen (secondary N) is 1. The van der Waals surface area contributed by atoms with Gasteiger partial charge in [0.15, 0.2) is 11.5 Å². The Hall–Kier alpha value is -1.83. The molecule has 1 amide bonds. The first-order chi connectivity index (χ1) is 9.41. The number of furan rings is 1. The van der Waals surface area contributed by atoms with Crippen molar-refractivity contribution in [3.8, 4) is 0 Å².